The highest BCUT2D eigenvalue weighted by Crippen LogP contribution is 2.38. The number of benzene rings is 2. The maximum absolute atomic E-state index is 12.3. The van der Waals surface area contributed by atoms with Crippen molar-refractivity contribution >= 4 is 22.4 Å². The number of anilines is 1. The van der Waals surface area contributed by atoms with Gasteiger partial charge in [0.1, 0.15) is 0 Å². The van der Waals surface area contributed by atoms with Gasteiger partial charge in [-0.05, 0) is 61.9 Å². The average Bonchev–Trinajstić information content (AvgIpc) is 3.05. The van der Waals surface area contributed by atoms with Gasteiger partial charge in [0.2, 0.25) is 0 Å². The van der Waals surface area contributed by atoms with Gasteiger partial charge in [-0.15, -0.1) is 0 Å². The summed E-state index contributed by atoms with van der Waals surface area (Å²) in [4.78, 5) is 19.2. The smallest absolute Gasteiger partial charge is 0.338 e. The Kier molecular flexibility index (Phi) is 6.08. The number of esters is 1. The molecule has 2 fully saturated rings. The Hall–Kier alpha value is -2.92. The van der Waals surface area contributed by atoms with E-state index in [1.165, 1.54) is 34.9 Å². The van der Waals surface area contributed by atoms with Crippen molar-refractivity contribution in [3.63, 3.8) is 0 Å². The first-order valence-electron chi connectivity index (χ1n) is 11.8. The van der Waals surface area contributed by atoms with Crippen LogP contribution < -0.4 is 5.32 Å². The van der Waals surface area contributed by atoms with E-state index >= 15 is 0 Å². The number of aromatic nitrogens is 1. The second-order valence-corrected chi connectivity index (χ2v) is 9.11. The standard InChI is InChI=1S/C27H31N3O2/c1-2-13-32-27(31)20-6-3-5-19(14-20)18-30-23-9-10-24(30)16-22(15-23)29-26-8-4-7-21-17-28-12-11-25(21)26/h3-8,11-12,14,17,22-24,29H,2,9-10,13,15-16,18H2,1H3. The fraction of sp³-hybridized carbons (Fsp3) is 0.407. The molecule has 2 aliphatic rings. The lowest BCUT2D eigenvalue weighted by atomic mass is 9.95. The highest BCUT2D eigenvalue weighted by Gasteiger charge is 2.40. The maximum Gasteiger partial charge on any atom is 0.338 e. The first kappa shape index (κ1) is 21.0. The number of piperidine rings is 1. The molecule has 0 amide bonds. The van der Waals surface area contributed by atoms with E-state index in [0.29, 0.717) is 30.3 Å². The minimum Gasteiger partial charge on any atom is -0.462 e. The molecule has 2 bridgehead atoms. The Bertz CT molecular complexity index is 1080. The number of carbonyl (C=O) groups is 1. The number of ether oxygens (including phenoxy) is 1. The zero-order valence-corrected chi connectivity index (χ0v) is 18.7. The van der Waals surface area contributed by atoms with Gasteiger partial charge >= 0.3 is 5.97 Å². The maximum atomic E-state index is 12.3. The quantitative estimate of drug-likeness (QED) is 0.509. The Labute approximate surface area is 189 Å². The fourth-order valence-electron chi connectivity index (χ4n) is 5.40. The number of carbonyl (C=O) groups excluding carboxylic acids is 1. The van der Waals surface area contributed by atoms with Crippen molar-refractivity contribution in [2.75, 3.05) is 11.9 Å². The first-order valence-corrected chi connectivity index (χ1v) is 11.8. The third kappa shape index (κ3) is 4.35. The minimum atomic E-state index is -0.218. The number of fused-ring (bicyclic) bond motifs is 3. The molecule has 1 N–H and O–H groups in total. The van der Waals surface area contributed by atoms with Gasteiger partial charge in [0.05, 0.1) is 12.2 Å². The van der Waals surface area contributed by atoms with Crippen LogP contribution in [-0.2, 0) is 11.3 Å². The second kappa shape index (κ2) is 9.29. The topological polar surface area (TPSA) is 54.5 Å². The van der Waals surface area contributed by atoms with Gasteiger partial charge in [0.15, 0.2) is 0 Å². The van der Waals surface area contributed by atoms with E-state index in [2.05, 4.69) is 45.5 Å². The third-order valence-electron chi connectivity index (χ3n) is 6.89. The van der Waals surface area contributed by atoms with Crippen molar-refractivity contribution in [3.8, 4) is 0 Å². The van der Waals surface area contributed by atoms with Gasteiger partial charge in [0.25, 0.3) is 0 Å². The lowest BCUT2D eigenvalue weighted by Crippen LogP contribution is -2.46. The lowest BCUT2D eigenvalue weighted by Gasteiger charge is -2.39. The molecular formula is C27H31N3O2. The molecule has 2 unspecified atom stereocenters. The third-order valence-corrected chi connectivity index (χ3v) is 6.89. The largest absolute Gasteiger partial charge is 0.462 e. The molecule has 166 valence electrons. The van der Waals surface area contributed by atoms with Crippen LogP contribution in [-0.4, -0.2) is 40.6 Å². The van der Waals surface area contributed by atoms with Gasteiger partial charge in [-0.25, -0.2) is 4.79 Å². The predicted octanol–water partition coefficient (Wildman–Crippen LogP) is 5.41. The summed E-state index contributed by atoms with van der Waals surface area (Å²) in [5.74, 6) is -0.218. The van der Waals surface area contributed by atoms with Crippen LogP contribution in [0.2, 0.25) is 0 Å². The molecule has 1 aromatic heterocycles. The molecule has 0 spiro atoms. The summed E-state index contributed by atoms with van der Waals surface area (Å²) < 4.78 is 5.31. The average molecular weight is 430 g/mol. The fourth-order valence-corrected chi connectivity index (χ4v) is 5.40. The second-order valence-electron chi connectivity index (χ2n) is 9.11. The van der Waals surface area contributed by atoms with Crippen molar-refractivity contribution in [1.29, 1.82) is 0 Å². The molecule has 2 aliphatic heterocycles. The summed E-state index contributed by atoms with van der Waals surface area (Å²) >= 11 is 0. The van der Waals surface area contributed by atoms with Crippen LogP contribution in [0.5, 0.6) is 0 Å². The molecule has 0 aliphatic carbocycles. The monoisotopic (exact) mass is 429 g/mol. The number of hydrogen-bond donors (Lipinski definition) is 1. The van der Waals surface area contributed by atoms with E-state index in [1.54, 1.807) is 0 Å². The van der Waals surface area contributed by atoms with Crippen molar-refractivity contribution in [2.45, 2.75) is 63.7 Å². The molecule has 5 rings (SSSR count). The van der Waals surface area contributed by atoms with E-state index in [0.717, 1.165) is 25.8 Å². The van der Waals surface area contributed by atoms with Crippen LogP contribution in [0.1, 0.15) is 54.9 Å². The first-order chi connectivity index (χ1) is 15.7. The summed E-state index contributed by atoms with van der Waals surface area (Å²) in [6, 6.07) is 18.1. The Balaban J connectivity index is 1.25. The molecule has 3 aromatic rings. The Morgan fingerprint density at radius 2 is 1.94 bits per heavy atom. The summed E-state index contributed by atoms with van der Waals surface area (Å²) in [6.07, 6.45) is 9.44. The molecule has 0 radical (unpaired) electrons. The van der Waals surface area contributed by atoms with E-state index in [4.69, 9.17) is 4.74 Å². The van der Waals surface area contributed by atoms with Crippen LogP contribution >= 0.6 is 0 Å². The van der Waals surface area contributed by atoms with Gasteiger partial charge in [-0.3, -0.25) is 9.88 Å². The highest BCUT2D eigenvalue weighted by atomic mass is 16.5. The molecule has 32 heavy (non-hydrogen) atoms. The van der Waals surface area contributed by atoms with Crippen LogP contribution in [0.4, 0.5) is 5.69 Å². The minimum absolute atomic E-state index is 0.218. The van der Waals surface area contributed by atoms with Crippen LogP contribution in [0.15, 0.2) is 60.9 Å². The molecule has 2 aromatic carbocycles. The van der Waals surface area contributed by atoms with Crippen LogP contribution in [0.3, 0.4) is 0 Å². The van der Waals surface area contributed by atoms with Crippen LogP contribution in [0.25, 0.3) is 10.8 Å². The van der Waals surface area contributed by atoms with E-state index in [1.807, 2.05) is 37.5 Å². The number of nitrogens with zero attached hydrogens (tertiary/aromatic N) is 2. The molecular weight excluding hydrogens is 398 g/mol. The molecule has 5 nitrogen and oxygen atoms in total. The van der Waals surface area contributed by atoms with E-state index in [9.17, 15) is 4.79 Å². The van der Waals surface area contributed by atoms with Crippen molar-refractivity contribution in [3.05, 3.63) is 72.1 Å². The molecule has 5 heteroatoms. The van der Waals surface area contributed by atoms with Gasteiger partial charge < -0.3 is 10.1 Å². The van der Waals surface area contributed by atoms with Gasteiger partial charge in [0, 0.05) is 53.5 Å². The van der Waals surface area contributed by atoms with Crippen molar-refractivity contribution in [1.82, 2.24) is 9.88 Å². The van der Waals surface area contributed by atoms with E-state index in [-0.39, 0.29) is 5.97 Å². The Morgan fingerprint density at radius 3 is 2.75 bits per heavy atom. The lowest BCUT2D eigenvalue weighted by molar-refractivity contribution is 0.0504. The molecule has 0 saturated carbocycles. The van der Waals surface area contributed by atoms with Gasteiger partial charge in [-0.1, -0.05) is 31.2 Å². The van der Waals surface area contributed by atoms with Crippen molar-refractivity contribution < 1.29 is 9.53 Å². The number of hydrogen-bond acceptors (Lipinski definition) is 5. The summed E-state index contributed by atoms with van der Waals surface area (Å²) in [6.45, 7) is 3.38. The van der Waals surface area contributed by atoms with E-state index < -0.39 is 0 Å². The van der Waals surface area contributed by atoms with Gasteiger partial charge in [-0.2, -0.15) is 0 Å². The number of nitrogens with one attached hydrogen (secondary N) is 1. The predicted molar refractivity (Wildman–Crippen MR) is 128 cm³/mol. The Morgan fingerprint density at radius 1 is 1.12 bits per heavy atom. The normalized spacial score (nSPS) is 22.7. The molecule has 2 saturated heterocycles. The molecule has 3 heterocycles. The zero-order chi connectivity index (χ0) is 21.9. The zero-order valence-electron chi connectivity index (χ0n) is 18.7. The summed E-state index contributed by atoms with van der Waals surface area (Å²) in [5.41, 5.74) is 3.06. The van der Waals surface area contributed by atoms with Crippen molar-refractivity contribution in [2.24, 2.45) is 0 Å². The summed E-state index contributed by atoms with van der Waals surface area (Å²) in [7, 11) is 0. The summed E-state index contributed by atoms with van der Waals surface area (Å²) in [5, 5.41) is 6.25. The number of rotatable bonds is 7. The highest BCUT2D eigenvalue weighted by molar-refractivity contribution is 5.93. The number of pyridine rings is 1. The van der Waals surface area contributed by atoms with Crippen LogP contribution in [0, 0.1) is 0 Å². The SMILES string of the molecule is CCCOC(=O)c1cccc(CN2C3CCC2CC(Nc2cccc4cnccc24)C3)c1. The molecule has 2 atom stereocenters.